The second kappa shape index (κ2) is 8.16. The van der Waals surface area contributed by atoms with Gasteiger partial charge in [-0.05, 0) is 44.9 Å². The number of alkyl carbamates (subject to hydrolysis) is 1. The Morgan fingerprint density at radius 1 is 1.42 bits per heavy atom. The van der Waals surface area contributed by atoms with Gasteiger partial charge in [-0.1, -0.05) is 11.6 Å². The molecule has 0 aliphatic carbocycles. The SMILES string of the molecule is COc1c(CCOC(=O)NC(C)(C)C)cc(Cl)c(C)c1C1CNC(=O)C1. The van der Waals surface area contributed by atoms with Crippen molar-refractivity contribution in [3.8, 4) is 5.75 Å². The van der Waals surface area contributed by atoms with Gasteiger partial charge in [-0.3, -0.25) is 4.79 Å². The summed E-state index contributed by atoms with van der Waals surface area (Å²) in [6.45, 7) is 8.38. The molecule has 1 aromatic rings. The molecule has 1 heterocycles. The van der Waals surface area contributed by atoms with E-state index in [2.05, 4.69) is 10.6 Å². The van der Waals surface area contributed by atoms with Gasteiger partial charge in [0.15, 0.2) is 0 Å². The van der Waals surface area contributed by atoms with Gasteiger partial charge in [0, 0.05) is 41.4 Å². The number of nitrogens with one attached hydrogen (secondary N) is 2. The van der Waals surface area contributed by atoms with Crippen molar-refractivity contribution in [3.05, 3.63) is 27.8 Å². The minimum Gasteiger partial charge on any atom is -0.496 e. The van der Waals surface area contributed by atoms with Gasteiger partial charge < -0.3 is 20.1 Å². The number of benzene rings is 1. The average Bonchev–Trinajstić information content (AvgIpc) is 2.94. The Morgan fingerprint density at radius 2 is 2.12 bits per heavy atom. The van der Waals surface area contributed by atoms with Crippen LogP contribution < -0.4 is 15.4 Å². The second-order valence-corrected chi connectivity index (χ2v) is 7.96. The Morgan fingerprint density at radius 3 is 2.65 bits per heavy atom. The molecular formula is C19H27ClN2O4. The molecule has 1 aliphatic heterocycles. The number of methoxy groups -OCH3 is 1. The first-order valence-electron chi connectivity index (χ1n) is 8.70. The maximum absolute atomic E-state index is 11.8. The van der Waals surface area contributed by atoms with Gasteiger partial charge in [-0.25, -0.2) is 4.79 Å². The smallest absolute Gasteiger partial charge is 0.407 e. The highest BCUT2D eigenvalue weighted by Gasteiger charge is 2.29. The van der Waals surface area contributed by atoms with Gasteiger partial charge in [0.25, 0.3) is 0 Å². The van der Waals surface area contributed by atoms with Crippen LogP contribution >= 0.6 is 11.6 Å². The van der Waals surface area contributed by atoms with Crippen LogP contribution in [0.25, 0.3) is 0 Å². The fourth-order valence-electron chi connectivity index (χ4n) is 3.12. The van der Waals surface area contributed by atoms with Crippen molar-refractivity contribution in [2.24, 2.45) is 0 Å². The summed E-state index contributed by atoms with van der Waals surface area (Å²) < 4.78 is 10.9. The molecule has 6 nitrogen and oxygen atoms in total. The Hall–Kier alpha value is -1.95. The number of hydrogen-bond acceptors (Lipinski definition) is 4. The average molecular weight is 383 g/mol. The van der Waals surface area contributed by atoms with Crippen LogP contribution in [0.4, 0.5) is 4.79 Å². The molecule has 1 atom stereocenters. The van der Waals surface area contributed by atoms with Crippen LogP contribution in [0.1, 0.15) is 49.8 Å². The zero-order valence-electron chi connectivity index (χ0n) is 16.0. The maximum Gasteiger partial charge on any atom is 0.407 e. The van der Waals surface area contributed by atoms with Crippen molar-refractivity contribution < 1.29 is 19.1 Å². The predicted molar refractivity (Wildman–Crippen MR) is 101 cm³/mol. The van der Waals surface area contributed by atoms with Crippen LogP contribution in [0.3, 0.4) is 0 Å². The summed E-state index contributed by atoms with van der Waals surface area (Å²) in [5.41, 5.74) is 2.38. The summed E-state index contributed by atoms with van der Waals surface area (Å²) in [4.78, 5) is 23.4. The van der Waals surface area contributed by atoms with Gasteiger partial charge in [0.1, 0.15) is 5.75 Å². The predicted octanol–water partition coefficient (Wildman–Crippen LogP) is 3.33. The normalized spacial score (nSPS) is 17.0. The Balaban J connectivity index is 2.17. The minimum atomic E-state index is -0.458. The molecule has 1 aliphatic rings. The second-order valence-electron chi connectivity index (χ2n) is 7.56. The molecule has 1 aromatic carbocycles. The van der Waals surface area contributed by atoms with Crippen molar-refractivity contribution in [2.75, 3.05) is 20.3 Å². The fraction of sp³-hybridized carbons (Fsp3) is 0.579. The molecule has 0 spiro atoms. The Bertz CT molecular complexity index is 698. The summed E-state index contributed by atoms with van der Waals surface area (Å²) in [7, 11) is 1.60. The van der Waals surface area contributed by atoms with Crippen LogP contribution in [0.5, 0.6) is 5.75 Å². The standard InChI is InChI=1S/C19H27ClN2O4/c1-11-14(20)8-12(6-7-26-18(24)22-19(2,3)4)17(25-5)16(11)13-9-15(23)21-10-13/h8,13H,6-7,9-10H2,1-5H3,(H,21,23)(H,22,24). The molecule has 2 N–H and O–H groups in total. The van der Waals surface area contributed by atoms with Crippen molar-refractivity contribution in [1.29, 1.82) is 0 Å². The monoisotopic (exact) mass is 382 g/mol. The first-order chi connectivity index (χ1) is 12.1. The van der Waals surface area contributed by atoms with Crippen LogP contribution in [0.15, 0.2) is 6.07 Å². The molecule has 1 unspecified atom stereocenters. The molecule has 144 valence electrons. The van der Waals surface area contributed by atoms with Gasteiger partial charge in [0.05, 0.1) is 13.7 Å². The quantitative estimate of drug-likeness (QED) is 0.818. The first-order valence-corrected chi connectivity index (χ1v) is 9.07. The topological polar surface area (TPSA) is 76.7 Å². The molecule has 1 fully saturated rings. The third-order valence-electron chi connectivity index (χ3n) is 4.27. The highest BCUT2D eigenvalue weighted by atomic mass is 35.5. The number of carbonyl (C=O) groups excluding carboxylic acids is 2. The first kappa shape index (κ1) is 20.4. The van der Waals surface area contributed by atoms with Crippen molar-refractivity contribution in [1.82, 2.24) is 10.6 Å². The number of carbonyl (C=O) groups is 2. The lowest BCUT2D eigenvalue weighted by molar-refractivity contribution is -0.119. The molecule has 0 aromatic heterocycles. The lowest BCUT2D eigenvalue weighted by Crippen LogP contribution is -2.41. The Labute approximate surface area is 159 Å². The van der Waals surface area contributed by atoms with E-state index in [4.69, 9.17) is 21.1 Å². The molecule has 0 bridgehead atoms. The third kappa shape index (κ3) is 5.04. The molecular weight excluding hydrogens is 356 g/mol. The molecule has 1 saturated heterocycles. The molecule has 0 radical (unpaired) electrons. The van der Waals surface area contributed by atoms with E-state index in [-0.39, 0.29) is 24.0 Å². The zero-order chi connectivity index (χ0) is 19.5. The summed E-state index contributed by atoms with van der Waals surface area (Å²) in [6, 6.07) is 1.84. The minimum absolute atomic E-state index is 0.0278. The summed E-state index contributed by atoms with van der Waals surface area (Å²) in [5, 5.41) is 6.22. The molecule has 2 amide bonds. The fourth-order valence-corrected chi connectivity index (χ4v) is 3.36. The number of rotatable bonds is 5. The van der Waals surface area contributed by atoms with E-state index in [9.17, 15) is 9.59 Å². The van der Waals surface area contributed by atoms with Crippen LogP contribution in [-0.4, -0.2) is 37.8 Å². The molecule has 0 saturated carbocycles. The summed E-state index contributed by atoms with van der Waals surface area (Å²) in [5.74, 6) is 0.772. The third-order valence-corrected chi connectivity index (χ3v) is 4.66. The largest absolute Gasteiger partial charge is 0.496 e. The number of halogens is 1. The van der Waals surface area contributed by atoms with Crippen LogP contribution in [-0.2, 0) is 16.0 Å². The summed E-state index contributed by atoms with van der Waals surface area (Å²) in [6.07, 6.45) is 0.434. The van der Waals surface area contributed by atoms with Crippen LogP contribution in [0, 0.1) is 6.92 Å². The highest BCUT2D eigenvalue weighted by Crippen LogP contribution is 2.40. The van der Waals surface area contributed by atoms with Gasteiger partial charge in [-0.2, -0.15) is 0 Å². The lowest BCUT2D eigenvalue weighted by atomic mass is 9.90. The van der Waals surface area contributed by atoms with Crippen LogP contribution in [0.2, 0.25) is 5.02 Å². The summed E-state index contributed by atoms with van der Waals surface area (Å²) >= 11 is 6.41. The lowest BCUT2D eigenvalue weighted by Gasteiger charge is -2.22. The van der Waals surface area contributed by atoms with Gasteiger partial charge >= 0.3 is 6.09 Å². The number of ether oxygens (including phenoxy) is 2. The molecule has 2 rings (SSSR count). The molecule has 7 heteroatoms. The van der Waals surface area contributed by atoms with E-state index >= 15 is 0 Å². The van der Waals surface area contributed by atoms with E-state index in [0.717, 1.165) is 16.7 Å². The Kier molecular flexibility index (Phi) is 6.39. The van der Waals surface area contributed by atoms with Crippen molar-refractivity contribution in [2.45, 2.75) is 52.0 Å². The van der Waals surface area contributed by atoms with Crippen molar-refractivity contribution in [3.63, 3.8) is 0 Å². The van der Waals surface area contributed by atoms with Gasteiger partial charge in [0.2, 0.25) is 5.91 Å². The van der Waals surface area contributed by atoms with Crippen molar-refractivity contribution >= 4 is 23.6 Å². The number of hydrogen-bond donors (Lipinski definition) is 2. The van der Waals surface area contributed by atoms with E-state index in [1.165, 1.54) is 0 Å². The maximum atomic E-state index is 11.8. The van der Waals surface area contributed by atoms with E-state index in [0.29, 0.717) is 30.2 Å². The molecule has 26 heavy (non-hydrogen) atoms. The highest BCUT2D eigenvalue weighted by molar-refractivity contribution is 6.31. The van der Waals surface area contributed by atoms with E-state index < -0.39 is 6.09 Å². The van der Waals surface area contributed by atoms with Gasteiger partial charge in [-0.15, -0.1) is 0 Å². The number of amides is 2. The van der Waals surface area contributed by atoms with E-state index in [1.807, 2.05) is 33.8 Å². The van der Waals surface area contributed by atoms with E-state index in [1.54, 1.807) is 7.11 Å². The zero-order valence-corrected chi connectivity index (χ0v) is 16.8.